The van der Waals surface area contributed by atoms with Gasteiger partial charge in [0.2, 0.25) is 5.91 Å². The highest BCUT2D eigenvalue weighted by atomic mass is 35.5. The molecule has 1 aromatic rings. The zero-order valence-electron chi connectivity index (χ0n) is 14.2. The summed E-state index contributed by atoms with van der Waals surface area (Å²) in [6.07, 6.45) is -1.44. The number of amides is 1. The number of carbonyl (C=O) groups excluding carboxylic acids is 1. The molecule has 2 aliphatic rings. The van der Waals surface area contributed by atoms with E-state index in [-0.39, 0.29) is 30.3 Å². The number of alkyl halides is 3. The van der Waals surface area contributed by atoms with Gasteiger partial charge in [-0.3, -0.25) is 4.79 Å². The van der Waals surface area contributed by atoms with Crippen LogP contribution in [0, 0.1) is 5.92 Å². The van der Waals surface area contributed by atoms with E-state index >= 15 is 0 Å². The predicted octanol–water partition coefficient (Wildman–Crippen LogP) is 3.74. The van der Waals surface area contributed by atoms with Gasteiger partial charge in [0.05, 0.1) is 11.0 Å². The van der Waals surface area contributed by atoms with Crippen LogP contribution in [0.25, 0.3) is 0 Å². The predicted molar refractivity (Wildman–Crippen MR) is 92.6 cm³/mol. The zero-order chi connectivity index (χ0) is 17.5. The van der Waals surface area contributed by atoms with Crippen molar-refractivity contribution in [2.24, 2.45) is 11.7 Å². The van der Waals surface area contributed by atoms with Crippen LogP contribution in [0.15, 0.2) is 24.3 Å². The summed E-state index contributed by atoms with van der Waals surface area (Å²) < 4.78 is 39.1. The fourth-order valence-corrected chi connectivity index (χ4v) is 4.02. The molecule has 1 amide bonds. The van der Waals surface area contributed by atoms with E-state index in [9.17, 15) is 18.0 Å². The Morgan fingerprint density at radius 1 is 1.36 bits per heavy atom. The van der Waals surface area contributed by atoms with E-state index in [0.717, 1.165) is 25.0 Å². The van der Waals surface area contributed by atoms with Crippen LogP contribution in [-0.2, 0) is 16.4 Å². The maximum atomic E-state index is 13.2. The van der Waals surface area contributed by atoms with Gasteiger partial charge in [0, 0.05) is 12.6 Å². The lowest BCUT2D eigenvalue weighted by Gasteiger charge is -2.44. The first-order valence-electron chi connectivity index (χ1n) is 8.47. The van der Waals surface area contributed by atoms with E-state index in [1.165, 1.54) is 6.07 Å². The number of nitrogens with zero attached hydrogens (tertiary/aromatic N) is 1. The summed E-state index contributed by atoms with van der Waals surface area (Å²) in [5.74, 6) is 0.249. The Hall–Kier alpha value is -1.27. The topological polar surface area (TPSA) is 46.3 Å². The molecule has 2 N–H and O–H groups in total. The van der Waals surface area contributed by atoms with Crippen LogP contribution in [0.2, 0.25) is 0 Å². The number of nitrogens with two attached hydrogens (primary N) is 1. The molecule has 1 saturated heterocycles. The van der Waals surface area contributed by atoms with E-state index in [2.05, 4.69) is 0 Å². The Labute approximate surface area is 152 Å². The maximum absolute atomic E-state index is 13.2. The molecule has 25 heavy (non-hydrogen) atoms. The summed E-state index contributed by atoms with van der Waals surface area (Å²) in [4.78, 5) is 15.0. The first-order chi connectivity index (χ1) is 11.3. The molecule has 0 aromatic heterocycles. The van der Waals surface area contributed by atoms with Gasteiger partial charge >= 0.3 is 6.18 Å². The van der Waals surface area contributed by atoms with Gasteiger partial charge in [-0.15, -0.1) is 12.4 Å². The summed E-state index contributed by atoms with van der Waals surface area (Å²) >= 11 is 0. The van der Waals surface area contributed by atoms with Crippen LogP contribution >= 0.6 is 12.4 Å². The van der Waals surface area contributed by atoms with Crippen LogP contribution in [0.1, 0.15) is 43.7 Å². The van der Waals surface area contributed by atoms with Gasteiger partial charge in [0.1, 0.15) is 0 Å². The average molecular weight is 377 g/mol. The van der Waals surface area contributed by atoms with Crippen molar-refractivity contribution in [3.8, 4) is 0 Å². The number of likely N-dealkylation sites (tertiary alicyclic amines) is 1. The molecule has 2 atom stereocenters. The molecular weight excluding hydrogens is 353 g/mol. The normalized spacial score (nSPS) is 25.2. The molecule has 1 aromatic carbocycles. The zero-order valence-corrected chi connectivity index (χ0v) is 15.0. The molecule has 2 fully saturated rings. The van der Waals surface area contributed by atoms with Gasteiger partial charge in [0.15, 0.2) is 0 Å². The number of hydrogen-bond acceptors (Lipinski definition) is 2. The molecular formula is C18H24ClF3N2O. The molecule has 7 heteroatoms. The number of rotatable bonds is 3. The highest BCUT2D eigenvalue weighted by Crippen LogP contribution is 2.47. The third-order valence-electron chi connectivity index (χ3n) is 5.61. The van der Waals surface area contributed by atoms with Gasteiger partial charge in [0.25, 0.3) is 0 Å². The van der Waals surface area contributed by atoms with E-state index < -0.39 is 17.2 Å². The summed E-state index contributed by atoms with van der Waals surface area (Å²) in [7, 11) is 0. The molecule has 140 valence electrons. The minimum Gasteiger partial charge on any atom is -0.339 e. The highest BCUT2D eigenvalue weighted by molar-refractivity contribution is 5.90. The fourth-order valence-electron chi connectivity index (χ4n) is 4.02. The SMILES string of the molecule is CC1CC(CN)CN1C(=O)C1(c2cccc(C(F)(F)F)c2)CCC1.Cl. The summed E-state index contributed by atoms with van der Waals surface area (Å²) in [6, 6.07) is 5.37. The second-order valence-corrected chi connectivity index (χ2v) is 7.16. The van der Waals surface area contributed by atoms with E-state index in [1.807, 2.05) is 11.8 Å². The second kappa shape index (κ2) is 7.16. The number of benzene rings is 1. The lowest BCUT2D eigenvalue weighted by Crippen LogP contribution is -2.52. The maximum Gasteiger partial charge on any atom is 0.416 e. The minimum atomic E-state index is -4.39. The van der Waals surface area contributed by atoms with Crippen LogP contribution in [0.5, 0.6) is 0 Å². The molecule has 0 radical (unpaired) electrons. The number of carbonyl (C=O) groups is 1. The molecule has 3 rings (SSSR count). The highest BCUT2D eigenvalue weighted by Gasteiger charge is 2.50. The molecule has 3 nitrogen and oxygen atoms in total. The number of hydrogen-bond donors (Lipinski definition) is 1. The van der Waals surface area contributed by atoms with Crippen LogP contribution in [-0.4, -0.2) is 29.9 Å². The lowest BCUT2D eigenvalue weighted by atomic mass is 9.63. The minimum absolute atomic E-state index is 0. The average Bonchev–Trinajstić information content (AvgIpc) is 2.86. The van der Waals surface area contributed by atoms with Crippen LogP contribution in [0.4, 0.5) is 13.2 Å². The van der Waals surface area contributed by atoms with Crippen molar-refractivity contribution in [3.05, 3.63) is 35.4 Å². The third-order valence-corrected chi connectivity index (χ3v) is 5.61. The van der Waals surface area contributed by atoms with Crippen LogP contribution in [0.3, 0.4) is 0 Å². The summed E-state index contributed by atoms with van der Waals surface area (Å²) in [6.45, 7) is 3.13. The molecule has 2 unspecified atom stereocenters. The molecule has 1 aliphatic heterocycles. The van der Waals surface area contributed by atoms with Gasteiger partial charge in [-0.2, -0.15) is 13.2 Å². The van der Waals surface area contributed by atoms with E-state index in [4.69, 9.17) is 5.73 Å². The van der Waals surface area contributed by atoms with Gasteiger partial charge in [-0.1, -0.05) is 24.6 Å². The largest absolute Gasteiger partial charge is 0.416 e. The van der Waals surface area contributed by atoms with Gasteiger partial charge in [-0.05, 0) is 50.3 Å². The molecule has 1 aliphatic carbocycles. The summed E-state index contributed by atoms with van der Waals surface area (Å²) in [5.41, 5.74) is 4.75. The first kappa shape index (κ1) is 20.0. The van der Waals surface area contributed by atoms with Crippen molar-refractivity contribution in [1.82, 2.24) is 4.90 Å². The molecule has 0 spiro atoms. The van der Waals surface area contributed by atoms with Crippen molar-refractivity contribution >= 4 is 18.3 Å². The summed E-state index contributed by atoms with van der Waals surface area (Å²) in [5, 5.41) is 0. The Morgan fingerprint density at radius 2 is 2.04 bits per heavy atom. The van der Waals surface area contributed by atoms with Crippen molar-refractivity contribution < 1.29 is 18.0 Å². The van der Waals surface area contributed by atoms with Crippen molar-refractivity contribution in [2.75, 3.05) is 13.1 Å². The molecule has 1 heterocycles. The van der Waals surface area contributed by atoms with Crippen molar-refractivity contribution in [3.63, 3.8) is 0 Å². The quantitative estimate of drug-likeness (QED) is 0.873. The van der Waals surface area contributed by atoms with Crippen molar-refractivity contribution in [1.29, 1.82) is 0 Å². The number of halogens is 4. The van der Waals surface area contributed by atoms with Gasteiger partial charge in [-0.25, -0.2) is 0 Å². The fraction of sp³-hybridized carbons (Fsp3) is 0.611. The van der Waals surface area contributed by atoms with Gasteiger partial charge < -0.3 is 10.6 Å². The second-order valence-electron chi connectivity index (χ2n) is 7.16. The Bertz CT molecular complexity index is 631. The van der Waals surface area contributed by atoms with E-state index in [0.29, 0.717) is 31.5 Å². The van der Waals surface area contributed by atoms with Crippen LogP contribution < -0.4 is 5.73 Å². The lowest BCUT2D eigenvalue weighted by molar-refractivity contribution is -0.142. The Balaban J connectivity index is 0.00000225. The Morgan fingerprint density at radius 3 is 2.52 bits per heavy atom. The third kappa shape index (κ3) is 3.51. The molecule has 1 saturated carbocycles. The Kier molecular flexibility index (Phi) is 5.74. The monoisotopic (exact) mass is 376 g/mol. The molecule has 0 bridgehead atoms. The van der Waals surface area contributed by atoms with Crippen molar-refractivity contribution in [2.45, 2.75) is 50.2 Å². The standard InChI is InChI=1S/C18H23F3N2O.ClH/c1-12-8-13(10-22)11-23(12)16(24)17(6-3-7-17)14-4-2-5-15(9-14)18(19,20)21;/h2,4-5,9,12-13H,3,6-8,10-11,22H2,1H3;1H. The van der Waals surface area contributed by atoms with E-state index in [1.54, 1.807) is 6.07 Å². The first-order valence-corrected chi connectivity index (χ1v) is 8.47. The smallest absolute Gasteiger partial charge is 0.339 e.